The van der Waals surface area contributed by atoms with E-state index < -0.39 is 52.5 Å². The molecule has 0 aliphatic rings. The molecule has 0 fully saturated rings. The van der Waals surface area contributed by atoms with Gasteiger partial charge in [0.05, 0.1) is 37.9 Å². The average Bonchev–Trinajstić information content (AvgIpc) is 2.76. The first kappa shape index (κ1) is 30.5. The molecule has 0 bridgehead atoms. The maximum absolute atomic E-state index is 14.4. The number of halogens is 9. The summed E-state index contributed by atoms with van der Waals surface area (Å²) in [5.74, 6) is -6.38. The van der Waals surface area contributed by atoms with Crippen molar-refractivity contribution in [3.63, 3.8) is 0 Å². The standard InChI is InChI=1S/C23H20Cl3F6NO2S/c1-22(28,29)16(14-11-18(24)20(26)19(25)12-14)5-3-13-2-4-15(17(10-13)23(30,31)32)21(34)33-7-9-36(35)8-6-27/h2-5,10-12,16H,6-9H2,1H3,(H,33,34). The first-order valence-corrected chi connectivity index (χ1v) is 12.9. The van der Waals surface area contributed by atoms with E-state index in [2.05, 4.69) is 5.32 Å². The van der Waals surface area contributed by atoms with Gasteiger partial charge >= 0.3 is 6.18 Å². The highest BCUT2D eigenvalue weighted by Gasteiger charge is 2.36. The maximum atomic E-state index is 14.4. The second kappa shape index (κ2) is 12.7. The number of amides is 1. The van der Waals surface area contributed by atoms with E-state index in [-0.39, 0.29) is 44.2 Å². The highest BCUT2D eigenvalue weighted by molar-refractivity contribution is 7.85. The van der Waals surface area contributed by atoms with E-state index >= 15 is 0 Å². The van der Waals surface area contributed by atoms with Crippen molar-refractivity contribution >= 4 is 57.6 Å². The molecule has 0 aromatic heterocycles. The van der Waals surface area contributed by atoms with Gasteiger partial charge in [-0.1, -0.05) is 53.0 Å². The SMILES string of the molecule is CC(F)(F)C(C=Cc1ccc(C(=O)NCCS(=O)CCF)c(C(F)(F)F)c1)c1cc(Cl)c(Cl)c(Cl)c1. The summed E-state index contributed by atoms with van der Waals surface area (Å²) >= 11 is 17.7. The van der Waals surface area contributed by atoms with Gasteiger partial charge in [0.25, 0.3) is 11.8 Å². The summed E-state index contributed by atoms with van der Waals surface area (Å²) in [6, 6.07) is 5.11. The Balaban J connectivity index is 2.36. The van der Waals surface area contributed by atoms with Crippen molar-refractivity contribution in [3.8, 4) is 0 Å². The van der Waals surface area contributed by atoms with E-state index in [0.29, 0.717) is 13.0 Å². The highest BCUT2D eigenvalue weighted by Crippen LogP contribution is 2.40. The average molecular weight is 595 g/mol. The number of hydrogen-bond donors (Lipinski definition) is 1. The topological polar surface area (TPSA) is 46.2 Å². The Hall–Kier alpha value is -1.75. The Morgan fingerprint density at radius 1 is 1.06 bits per heavy atom. The maximum Gasteiger partial charge on any atom is 0.417 e. The van der Waals surface area contributed by atoms with Crippen molar-refractivity contribution < 1.29 is 35.3 Å². The zero-order valence-electron chi connectivity index (χ0n) is 18.6. The first-order chi connectivity index (χ1) is 16.6. The van der Waals surface area contributed by atoms with Gasteiger partial charge in [0, 0.05) is 30.0 Å². The molecule has 0 spiro atoms. The van der Waals surface area contributed by atoms with Gasteiger partial charge in [0.2, 0.25) is 0 Å². The van der Waals surface area contributed by atoms with Crippen LogP contribution in [0.5, 0.6) is 0 Å². The largest absolute Gasteiger partial charge is 0.417 e. The molecule has 36 heavy (non-hydrogen) atoms. The minimum Gasteiger partial charge on any atom is -0.351 e. The Morgan fingerprint density at radius 3 is 2.19 bits per heavy atom. The molecule has 2 atom stereocenters. The van der Waals surface area contributed by atoms with E-state index in [1.165, 1.54) is 12.1 Å². The number of carbonyl (C=O) groups excluding carboxylic acids is 1. The number of rotatable bonds is 10. The fourth-order valence-corrected chi connectivity index (χ4v) is 4.51. The molecule has 1 amide bonds. The van der Waals surface area contributed by atoms with Gasteiger partial charge in [0.15, 0.2) is 0 Å². The number of carbonyl (C=O) groups is 1. The molecule has 1 N–H and O–H groups in total. The second-order valence-corrected chi connectivity index (χ2v) is 10.6. The van der Waals surface area contributed by atoms with E-state index in [0.717, 1.165) is 24.3 Å². The van der Waals surface area contributed by atoms with Crippen molar-refractivity contribution in [2.24, 2.45) is 0 Å². The molecular formula is C23H20Cl3F6NO2S. The lowest BCUT2D eigenvalue weighted by Crippen LogP contribution is -2.30. The Labute approximate surface area is 221 Å². The summed E-state index contributed by atoms with van der Waals surface area (Å²) in [7, 11) is -1.56. The van der Waals surface area contributed by atoms with Crippen LogP contribution in [-0.2, 0) is 17.0 Å². The molecule has 0 radical (unpaired) electrons. The molecule has 3 nitrogen and oxygen atoms in total. The van der Waals surface area contributed by atoms with E-state index in [1.807, 2.05) is 0 Å². The summed E-state index contributed by atoms with van der Waals surface area (Å²) in [5.41, 5.74) is -2.09. The summed E-state index contributed by atoms with van der Waals surface area (Å²) in [6.45, 7) is -0.409. The number of nitrogens with one attached hydrogen (secondary N) is 1. The molecule has 2 aromatic rings. The lowest BCUT2D eigenvalue weighted by Gasteiger charge is -2.22. The van der Waals surface area contributed by atoms with Gasteiger partial charge in [-0.3, -0.25) is 13.4 Å². The molecule has 0 aliphatic carbocycles. The van der Waals surface area contributed by atoms with Crippen LogP contribution in [0.1, 0.15) is 39.9 Å². The predicted octanol–water partition coefficient (Wildman–Crippen LogP) is 7.57. The van der Waals surface area contributed by atoms with Crippen LogP contribution in [-0.4, -0.2) is 40.8 Å². The van der Waals surface area contributed by atoms with Crippen LogP contribution in [0.3, 0.4) is 0 Å². The quantitative estimate of drug-likeness (QED) is 0.228. The molecule has 0 heterocycles. The lowest BCUT2D eigenvalue weighted by atomic mass is 9.92. The molecule has 2 rings (SSSR count). The van der Waals surface area contributed by atoms with Crippen LogP contribution in [0.2, 0.25) is 15.1 Å². The molecule has 13 heteroatoms. The zero-order valence-corrected chi connectivity index (χ0v) is 21.7. The number of benzene rings is 2. The lowest BCUT2D eigenvalue weighted by molar-refractivity contribution is -0.138. The minimum absolute atomic E-state index is 0.00431. The Bertz CT molecular complexity index is 1130. The van der Waals surface area contributed by atoms with Crippen LogP contribution in [0, 0.1) is 0 Å². The fourth-order valence-electron chi connectivity index (χ4n) is 3.19. The van der Waals surface area contributed by atoms with E-state index in [4.69, 9.17) is 34.8 Å². The van der Waals surface area contributed by atoms with Gasteiger partial charge < -0.3 is 5.32 Å². The summed E-state index contributed by atoms with van der Waals surface area (Å²) in [5, 5.41) is 2.06. The van der Waals surface area contributed by atoms with Gasteiger partial charge in [0.1, 0.15) is 6.67 Å². The Kier molecular flexibility index (Phi) is 10.7. The molecule has 0 saturated carbocycles. The van der Waals surface area contributed by atoms with E-state index in [9.17, 15) is 35.3 Å². The smallest absolute Gasteiger partial charge is 0.351 e. The van der Waals surface area contributed by atoms with Crippen molar-refractivity contribution in [1.82, 2.24) is 5.32 Å². The highest BCUT2D eigenvalue weighted by atomic mass is 35.5. The van der Waals surface area contributed by atoms with Crippen LogP contribution in [0.15, 0.2) is 36.4 Å². The van der Waals surface area contributed by atoms with Crippen LogP contribution < -0.4 is 5.32 Å². The van der Waals surface area contributed by atoms with Gasteiger partial charge in [-0.15, -0.1) is 0 Å². The number of allylic oxidation sites excluding steroid dienone is 1. The van der Waals surface area contributed by atoms with Crippen LogP contribution in [0.25, 0.3) is 6.08 Å². The van der Waals surface area contributed by atoms with Crippen LogP contribution in [0.4, 0.5) is 26.3 Å². The second-order valence-electron chi connectivity index (χ2n) is 7.69. The monoisotopic (exact) mass is 593 g/mol. The minimum atomic E-state index is -4.93. The molecular weight excluding hydrogens is 575 g/mol. The van der Waals surface area contributed by atoms with Crippen molar-refractivity contribution in [3.05, 3.63) is 73.7 Å². The fraction of sp³-hybridized carbons (Fsp3) is 0.348. The van der Waals surface area contributed by atoms with Crippen molar-refractivity contribution in [2.75, 3.05) is 24.7 Å². The number of alkyl halides is 6. The van der Waals surface area contributed by atoms with Gasteiger partial charge in [-0.2, -0.15) is 13.2 Å². The predicted molar refractivity (Wildman–Crippen MR) is 131 cm³/mol. The van der Waals surface area contributed by atoms with Crippen molar-refractivity contribution in [2.45, 2.75) is 24.9 Å². The summed E-state index contributed by atoms with van der Waals surface area (Å²) in [4.78, 5) is 12.3. The molecule has 0 saturated heterocycles. The van der Waals surface area contributed by atoms with Crippen molar-refractivity contribution in [1.29, 1.82) is 0 Å². The summed E-state index contributed by atoms with van der Waals surface area (Å²) < 4.78 is 93.3. The summed E-state index contributed by atoms with van der Waals surface area (Å²) in [6.07, 6.45) is -2.86. The third-order valence-corrected chi connectivity index (χ3v) is 7.37. The van der Waals surface area contributed by atoms with Gasteiger partial charge in [-0.25, -0.2) is 8.78 Å². The Morgan fingerprint density at radius 2 is 1.67 bits per heavy atom. The first-order valence-electron chi connectivity index (χ1n) is 10.3. The molecule has 0 aliphatic heterocycles. The van der Waals surface area contributed by atoms with Crippen LogP contribution >= 0.6 is 34.8 Å². The number of hydrogen-bond acceptors (Lipinski definition) is 2. The van der Waals surface area contributed by atoms with Gasteiger partial charge in [-0.05, 0) is 35.4 Å². The normalized spacial score (nSPS) is 14.2. The molecule has 198 valence electrons. The third-order valence-electron chi connectivity index (χ3n) is 4.91. The molecule has 2 unspecified atom stereocenters. The zero-order chi connectivity index (χ0) is 27.3. The third kappa shape index (κ3) is 8.39. The molecule has 2 aromatic carbocycles. The van der Waals surface area contributed by atoms with E-state index in [1.54, 1.807) is 0 Å².